The topological polar surface area (TPSA) is 64.5 Å². The molecule has 0 aliphatic heterocycles. The third-order valence-electron chi connectivity index (χ3n) is 3.53. The first-order valence-corrected chi connectivity index (χ1v) is 7.54. The van der Waals surface area contributed by atoms with E-state index in [0.29, 0.717) is 11.5 Å². The number of hydrogen-bond acceptors (Lipinski definition) is 5. The van der Waals surface area contributed by atoms with Gasteiger partial charge in [0, 0.05) is 11.8 Å². The summed E-state index contributed by atoms with van der Waals surface area (Å²) in [5, 5.41) is 8.20. The van der Waals surface area contributed by atoms with Gasteiger partial charge in [-0.2, -0.15) is 5.10 Å². The third kappa shape index (κ3) is 2.87. The van der Waals surface area contributed by atoms with Gasteiger partial charge in [0.2, 0.25) is 5.82 Å². The summed E-state index contributed by atoms with van der Waals surface area (Å²) < 4.78 is 0. The molecule has 4 rings (SSSR count). The molecule has 0 aliphatic rings. The Kier molecular flexibility index (Phi) is 3.73. The molecule has 5 heteroatoms. The second kappa shape index (κ2) is 6.34. The van der Waals surface area contributed by atoms with Crippen LogP contribution in [0, 0.1) is 0 Å². The quantitative estimate of drug-likeness (QED) is 0.577. The number of rotatable bonds is 3. The van der Waals surface area contributed by atoms with Gasteiger partial charge in [-0.15, -0.1) is 5.10 Å². The van der Waals surface area contributed by atoms with Gasteiger partial charge < -0.3 is 0 Å². The summed E-state index contributed by atoms with van der Waals surface area (Å²) in [5.74, 6) is 0.495. The zero-order valence-corrected chi connectivity index (χ0v) is 12.7. The number of nitrogens with zero attached hydrogens (tertiary/aromatic N) is 5. The fourth-order valence-electron chi connectivity index (χ4n) is 2.38. The van der Waals surface area contributed by atoms with Gasteiger partial charge in [0.15, 0.2) is 0 Å². The van der Waals surface area contributed by atoms with Gasteiger partial charge in [0.05, 0.1) is 23.3 Å². The minimum Gasteiger partial charge on any atom is -0.255 e. The smallest absolute Gasteiger partial charge is 0.200 e. The Balaban J connectivity index is 1.75. The minimum atomic E-state index is 0.495. The van der Waals surface area contributed by atoms with Gasteiger partial charge in [-0.1, -0.05) is 42.5 Å². The van der Waals surface area contributed by atoms with Crippen molar-refractivity contribution in [2.75, 3.05) is 0 Å². The Labute approximate surface area is 139 Å². The molecular formula is C19H13N5. The Morgan fingerprint density at radius 3 is 2.21 bits per heavy atom. The van der Waals surface area contributed by atoms with E-state index in [1.165, 1.54) is 0 Å². The third-order valence-corrected chi connectivity index (χ3v) is 3.53. The molecule has 0 spiro atoms. The van der Waals surface area contributed by atoms with Crippen LogP contribution in [0.5, 0.6) is 0 Å². The van der Waals surface area contributed by atoms with E-state index in [9.17, 15) is 0 Å². The molecule has 3 heterocycles. The molecule has 1 aromatic carbocycles. The molecule has 0 saturated carbocycles. The predicted octanol–water partition coefficient (Wildman–Crippen LogP) is 3.66. The average Bonchev–Trinajstić information content (AvgIpc) is 2.70. The maximum atomic E-state index is 4.62. The zero-order valence-electron chi connectivity index (χ0n) is 12.7. The lowest BCUT2D eigenvalue weighted by molar-refractivity contribution is 0.975. The highest BCUT2D eigenvalue weighted by molar-refractivity contribution is 5.63. The molecule has 0 N–H and O–H groups in total. The van der Waals surface area contributed by atoms with Gasteiger partial charge in [-0.25, -0.2) is 9.97 Å². The summed E-state index contributed by atoms with van der Waals surface area (Å²) in [6.45, 7) is 0. The SMILES string of the molecule is c1ccc(-c2cnnc(-c3cccc(-c4ccccn4)n3)n2)cc1. The van der Waals surface area contributed by atoms with Crippen LogP contribution in [0.1, 0.15) is 0 Å². The van der Waals surface area contributed by atoms with Crippen LogP contribution in [0.4, 0.5) is 0 Å². The highest BCUT2D eigenvalue weighted by Gasteiger charge is 2.09. The highest BCUT2D eigenvalue weighted by atomic mass is 15.2. The molecule has 0 amide bonds. The fourth-order valence-corrected chi connectivity index (χ4v) is 2.38. The normalized spacial score (nSPS) is 10.5. The molecule has 114 valence electrons. The number of hydrogen-bond donors (Lipinski definition) is 0. The van der Waals surface area contributed by atoms with Gasteiger partial charge in [0.25, 0.3) is 0 Å². The van der Waals surface area contributed by atoms with Crippen molar-refractivity contribution < 1.29 is 0 Å². The zero-order chi connectivity index (χ0) is 16.2. The Morgan fingerprint density at radius 2 is 1.38 bits per heavy atom. The first-order valence-electron chi connectivity index (χ1n) is 7.54. The van der Waals surface area contributed by atoms with Crippen molar-refractivity contribution in [1.29, 1.82) is 0 Å². The van der Waals surface area contributed by atoms with Crippen molar-refractivity contribution in [2.24, 2.45) is 0 Å². The van der Waals surface area contributed by atoms with Crippen LogP contribution in [0.3, 0.4) is 0 Å². The van der Waals surface area contributed by atoms with Crippen LogP contribution in [-0.2, 0) is 0 Å². The molecule has 0 fully saturated rings. The van der Waals surface area contributed by atoms with Crippen LogP contribution in [-0.4, -0.2) is 25.1 Å². The summed E-state index contributed by atoms with van der Waals surface area (Å²) in [6, 6.07) is 21.3. The summed E-state index contributed by atoms with van der Waals surface area (Å²) in [5.41, 5.74) is 4.02. The first kappa shape index (κ1) is 14.1. The van der Waals surface area contributed by atoms with E-state index in [0.717, 1.165) is 22.6 Å². The summed E-state index contributed by atoms with van der Waals surface area (Å²) in [6.07, 6.45) is 3.40. The largest absolute Gasteiger partial charge is 0.255 e. The van der Waals surface area contributed by atoms with Gasteiger partial charge >= 0.3 is 0 Å². The maximum Gasteiger partial charge on any atom is 0.200 e. The second-order valence-corrected chi connectivity index (χ2v) is 5.15. The van der Waals surface area contributed by atoms with E-state index < -0.39 is 0 Å². The average molecular weight is 311 g/mol. The molecular weight excluding hydrogens is 298 g/mol. The predicted molar refractivity (Wildman–Crippen MR) is 91.7 cm³/mol. The fraction of sp³-hybridized carbons (Fsp3) is 0. The van der Waals surface area contributed by atoms with Gasteiger partial charge in [-0.3, -0.25) is 4.98 Å². The van der Waals surface area contributed by atoms with Gasteiger partial charge in [0.1, 0.15) is 5.69 Å². The first-order chi connectivity index (χ1) is 11.9. The monoisotopic (exact) mass is 311 g/mol. The van der Waals surface area contributed by atoms with Crippen molar-refractivity contribution in [3.8, 4) is 34.2 Å². The van der Waals surface area contributed by atoms with Crippen molar-refractivity contribution >= 4 is 0 Å². The molecule has 24 heavy (non-hydrogen) atoms. The van der Waals surface area contributed by atoms with Crippen LogP contribution in [0.2, 0.25) is 0 Å². The molecule has 0 atom stereocenters. The lowest BCUT2D eigenvalue weighted by Gasteiger charge is -2.04. The van der Waals surface area contributed by atoms with Crippen LogP contribution < -0.4 is 0 Å². The van der Waals surface area contributed by atoms with Crippen LogP contribution in [0.25, 0.3) is 34.2 Å². The molecule has 0 radical (unpaired) electrons. The van der Waals surface area contributed by atoms with Crippen molar-refractivity contribution in [1.82, 2.24) is 25.1 Å². The molecule has 3 aromatic heterocycles. The van der Waals surface area contributed by atoms with E-state index >= 15 is 0 Å². The summed E-state index contributed by atoms with van der Waals surface area (Å²) >= 11 is 0. The van der Waals surface area contributed by atoms with Gasteiger partial charge in [-0.05, 0) is 24.3 Å². The van der Waals surface area contributed by atoms with Crippen molar-refractivity contribution in [3.05, 3.63) is 79.1 Å². The highest BCUT2D eigenvalue weighted by Crippen LogP contribution is 2.21. The van der Waals surface area contributed by atoms with Crippen LogP contribution in [0.15, 0.2) is 79.1 Å². The minimum absolute atomic E-state index is 0.495. The van der Waals surface area contributed by atoms with E-state index in [-0.39, 0.29) is 0 Å². The number of pyridine rings is 2. The molecule has 0 aliphatic carbocycles. The van der Waals surface area contributed by atoms with Crippen LogP contribution >= 0.6 is 0 Å². The van der Waals surface area contributed by atoms with E-state index in [1.807, 2.05) is 66.7 Å². The summed E-state index contributed by atoms with van der Waals surface area (Å²) in [4.78, 5) is 13.5. The molecule has 5 nitrogen and oxygen atoms in total. The Hall–Kier alpha value is -3.47. The maximum absolute atomic E-state index is 4.62. The lowest BCUT2D eigenvalue weighted by Crippen LogP contribution is -1.97. The number of aromatic nitrogens is 5. The molecule has 4 aromatic rings. The molecule has 0 saturated heterocycles. The van der Waals surface area contributed by atoms with E-state index in [2.05, 4.69) is 25.1 Å². The van der Waals surface area contributed by atoms with E-state index in [4.69, 9.17) is 0 Å². The standard InChI is InChI=1S/C19H13N5/c1-2-7-14(8-3-1)18-13-21-24-19(23-18)17-11-6-10-16(22-17)15-9-4-5-12-20-15/h1-13H. The molecule has 0 unspecified atom stereocenters. The Morgan fingerprint density at radius 1 is 0.583 bits per heavy atom. The lowest BCUT2D eigenvalue weighted by atomic mass is 10.2. The van der Waals surface area contributed by atoms with Crippen molar-refractivity contribution in [2.45, 2.75) is 0 Å². The second-order valence-electron chi connectivity index (χ2n) is 5.15. The number of benzene rings is 1. The summed E-state index contributed by atoms with van der Waals surface area (Å²) in [7, 11) is 0. The molecule has 0 bridgehead atoms. The van der Waals surface area contributed by atoms with Crippen molar-refractivity contribution in [3.63, 3.8) is 0 Å². The van der Waals surface area contributed by atoms with E-state index in [1.54, 1.807) is 12.4 Å². The Bertz CT molecular complexity index is 874.